The van der Waals surface area contributed by atoms with Gasteiger partial charge in [0.25, 0.3) is 0 Å². The normalized spacial score (nSPS) is 10.8. The van der Waals surface area contributed by atoms with Crippen LogP contribution in [0, 0.1) is 5.82 Å². The van der Waals surface area contributed by atoms with Crippen molar-refractivity contribution in [3.05, 3.63) is 41.2 Å². The number of ether oxygens (including phenoxy) is 1. The van der Waals surface area contributed by atoms with Crippen LogP contribution in [0.25, 0.3) is 6.08 Å². The first-order valence-corrected chi connectivity index (χ1v) is 4.32. The van der Waals surface area contributed by atoms with Crippen molar-refractivity contribution in [1.82, 2.24) is 0 Å². The van der Waals surface area contributed by atoms with Crippen LogP contribution < -0.4 is 0 Å². The van der Waals surface area contributed by atoms with Crippen molar-refractivity contribution in [3.63, 3.8) is 0 Å². The minimum Gasteiger partial charge on any atom is -0.478 e. The van der Waals surface area contributed by atoms with Crippen molar-refractivity contribution < 1.29 is 19.0 Å². The zero-order chi connectivity index (χ0) is 11.3. The van der Waals surface area contributed by atoms with E-state index in [-0.39, 0.29) is 0 Å². The Morgan fingerprint density at radius 2 is 2.33 bits per heavy atom. The highest BCUT2D eigenvalue weighted by Gasteiger charge is 2.01. The first-order valence-electron chi connectivity index (χ1n) is 4.32. The molecule has 0 radical (unpaired) electrons. The van der Waals surface area contributed by atoms with Crippen molar-refractivity contribution in [2.45, 2.75) is 6.61 Å². The number of carboxylic acids is 1. The number of halogens is 1. The Kier molecular flexibility index (Phi) is 4.00. The molecule has 0 atom stereocenters. The van der Waals surface area contributed by atoms with E-state index in [9.17, 15) is 9.18 Å². The molecule has 0 aliphatic rings. The van der Waals surface area contributed by atoms with Crippen LogP contribution in [0.5, 0.6) is 0 Å². The lowest BCUT2D eigenvalue weighted by atomic mass is 10.1. The molecule has 0 amide bonds. The molecule has 0 unspecified atom stereocenters. The molecule has 1 aromatic rings. The summed E-state index contributed by atoms with van der Waals surface area (Å²) in [5.74, 6) is -1.47. The number of rotatable bonds is 4. The van der Waals surface area contributed by atoms with Crippen LogP contribution in [0.15, 0.2) is 24.3 Å². The van der Waals surface area contributed by atoms with Gasteiger partial charge in [-0.25, -0.2) is 9.18 Å². The predicted octanol–water partition coefficient (Wildman–Crippen LogP) is 2.07. The molecule has 4 heteroatoms. The van der Waals surface area contributed by atoms with Gasteiger partial charge in [0, 0.05) is 13.2 Å². The van der Waals surface area contributed by atoms with Crippen molar-refractivity contribution in [3.8, 4) is 0 Å². The molecule has 0 aliphatic carbocycles. The van der Waals surface area contributed by atoms with Gasteiger partial charge in [0.15, 0.2) is 0 Å². The van der Waals surface area contributed by atoms with Gasteiger partial charge in [-0.2, -0.15) is 0 Å². The maximum atomic E-state index is 12.9. The number of carbonyl (C=O) groups is 1. The van der Waals surface area contributed by atoms with E-state index < -0.39 is 11.8 Å². The van der Waals surface area contributed by atoms with E-state index in [1.165, 1.54) is 25.3 Å². The largest absolute Gasteiger partial charge is 0.478 e. The molecular formula is C11H11FO3. The van der Waals surface area contributed by atoms with Gasteiger partial charge in [-0.3, -0.25) is 0 Å². The van der Waals surface area contributed by atoms with Crippen molar-refractivity contribution >= 4 is 12.0 Å². The number of hydrogen-bond donors (Lipinski definition) is 1. The number of benzene rings is 1. The van der Waals surface area contributed by atoms with Crippen molar-refractivity contribution in [1.29, 1.82) is 0 Å². The topological polar surface area (TPSA) is 46.5 Å². The smallest absolute Gasteiger partial charge is 0.328 e. The van der Waals surface area contributed by atoms with Crippen LogP contribution in [0.4, 0.5) is 4.39 Å². The fourth-order valence-corrected chi connectivity index (χ4v) is 1.17. The molecule has 1 N–H and O–H groups in total. The third kappa shape index (κ3) is 3.52. The van der Waals surface area contributed by atoms with Crippen LogP contribution in [0.1, 0.15) is 11.1 Å². The maximum absolute atomic E-state index is 12.9. The summed E-state index contributed by atoms with van der Waals surface area (Å²) in [5.41, 5.74) is 1.26. The fraction of sp³-hybridized carbons (Fsp3) is 0.182. The average molecular weight is 210 g/mol. The molecule has 0 aliphatic heterocycles. The summed E-state index contributed by atoms with van der Waals surface area (Å²) in [5, 5.41) is 8.45. The summed E-state index contributed by atoms with van der Waals surface area (Å²) < 4.78 is 17.8. The first kappa shape index (κ1) is 11.4. The number of methoxy groups -OCH3 is 1. The van der Waals surface area contributed by atoms with Crippen molar-refractivity contribution in [2.75, 3.05) is 7.11 Å². The average Bonchev–Trinajstić information content (AvgIpc) is 2.18. The Balaban J connectivity index is 3.01. The highest BCUT2D eigenvalue weighted by Crippen LogP contribution is 2.14. The third-order valence-corrected chi connectivity index (χ3v) is 1.81. The lowest BCUT2D eigenvalue weighted by molar-refractivity contribution is -0.131. The van der Waals surface area contributed by atoms with E-state index in [4.69, 9.17) is 9.84 Å². The van der Waals surface area contributed by atoms with E-state index >= 15 is 0 Å². The molecular weight excluding hydrogens is 199 g/mol. The number of aliphatic carboxylic acids is 1. The Labute approximate surface area is 86.8 Å². The summed E-state index contributed by atoms with van der Waals surface area (Å²) in [4.78, 5) is 10.3. The lowest BCUT2D eigenvalue weighted by Crippen LogP contribution is -1.93. The number of carboxylic acid groups (broad SMARTS) is 1. The van der Waals surface area contributed by atoms with Gasteiger partial charge in [0.1, 0.15) is 5.82 Å². The Hall–Kier alpha value is -1.68. The predicted molar refractivity (Wildman–Crippen MR) is 53.8 cm³/mol. The van der Waals surface area contributed by atoms with Crippen molar-refractivity contribution in [2.24, 2.45) is 0 Å². The summed E-state index contributed by atoms with van der Waals surface area (Å²) in [6.07, 6.45) is 2.31. The van der Waals surface area contributed by atoms with E-state index in [0.717, 1.165) is 11.6 Å². The molecule has 1 rings (SSSR count). The van der Waals surface area contributed by atoms with Crippen LogP contribution >= 0.6 is 0 Å². The quantitative estimate of drug-likeness (QED) is 0.774. The summed E-state index contributed by atoms with van der Waals surface area (Å²) in [6, 6.07) is 4.15. The second kappa shape index (κ2) is 5.26. The third-order valence-electron chi connectivity index (χ3n) is 1.81. The van der Waals surface area contributed by atoms with Gasteiger partial charge in [-0.05, 0) is 29.3 Å². The summed E-state index contributed by atoms with van der Waals surface area (Å²) in [7, 11) is 1.52. The summed E-state index contributed by atoms with van der Waals surface area (Å²) >= 11 is 0. The van der Waals surface area contributed by atoms with Crippen LogP contribution in [0.2, 0.25) is 0 Å². The molecule has 0 saturated carbocycles. The van der Waals surface area contributed by atoms with Gasteiger partial charge in [-0.15, -0.1) is 0 Å². The second-order valence-electron chi connectivity index (χ2n) is 2.95. The SMILES string of the molecule is COCc1ccc(F)cc1/C=C/C(=O)O. The summed E-state index contributed by atoms with van der Waals surface area (Å²) in [6.45, 7) is 0.319. The second-order valence-corrected chi connectivity index (χ2v) is 2.95. The number of hydrogen-bond acceptors (Lipinski definition) is 2. The zero-order valence-corrected chi connectivity index (χ0v) is 8.24. The monoisotopic (exact) mass is 210 g/mol. The van der Waals surface area contributed by atoms with E-state index in [0.29, 0.717) is 12.2 Å². The van der Waals surface area contributed by atoms with E-state index in [1.807, 2.05) is 0 Å². The molecule has 3 nitrogen and oxygen atoms in total. The molecule has 80 valence electrons. The zero-order valence-electron chi connectivity index (χ0n) is 8.24. The first-order chi connectivity index (χ1) is 7.13. The molecule has 0 spiro atoms. The van der Waals surface area contributed by atoms with E-state index in [1.54, 1.807) is 6.07 Å². The van der Waals surface area contributed by atoms with E-state index in [2.05, 4.69) is 0 Å². The van der Waals surface area contributed by atoms with Gasteiger partial charge in [0.05, 0.1) is 6.61 Å². The Morgan fingerprint density at radius 1 is 1.60 bits per heavy atom. The minimum atomic E-state index is -1.07. The van der Waals surface area contributed by atoms with Gasteiger partial charge >= 0.3 is 5.97 Å². The molecule has 0 aromatic heterocycles. The highest BCUT2D eigenvalue weighted by molar-refractivity contribution is 5.85. The molecule has 0 saturated heterocycles. The van der Waals surface area contributed by atoms with Gasteiger partial charge in [0.2, 0.25) is 0 Å². The minimum absolute atomic E-state index is 0.319. The fourth-order valence-electron chi connectivity index (χ4n) is 1.17. The molecule has 15 heavy (non-hydrogen) atoms. The lowest BCUT2D eigenvalue weighted by Gasteiger charge is -2.04. The molecule has 0 bridgehead atoms. The molecule has 0 fully saturated rings. The Morgan fingerprint density at radius 3 is 2.93 bits per heavy atom. The Bertz CT molecular complexity index is 385. The maximum Gasteiger partial charge on any atom is 0.328 e. The highest BCUT2D eigenvalue weighted by atomic mass is 19.1. The molecule has 0 heterocycles. The standard InChI is InChI=1S/C11H11FO3/c1-15-7-9-2-4-10(12)6-8(9)3-5-11(13)14/h2-6H,7H2,1H3,(H,13,14)/b5-3+. The van der Waals surface area contributed by atoms with Crippen LogP contribution in [-0.4, -0.2) is 18.2 Å². The van der Waals surface area contributed by atoms with Crippen LogP contribution in [-0.2, 0) is 16.1 Å². The van der Waals surface area contributed by atoms with Gasteiger partial charge in [-0.1, -0.05) is 6.07 Å². The molecule has 1 aromatic carbocycles. The van der Waals surface area contributed by atoms with Crippen LogP contribution in [0.3, 0.4) is 0 Å². The van der Waals surface area contributed by atoms with Gasteiger partial charge < -0.3 is 9.84 Å².